The van der Waals surface area contributed by atoms with Crippen LogP contribution < -0.4 is 16.4 Å². The summed E-state index contributed by atoms with van der Waals surface area (Å²) in [7, 11) is -0.989. The number of hydrogen-bond acceptors (Lipinski definition) is 6. The van der Waals surface area contributed by atoms with Crippen molar-refractivity contribution in [1.82, 2.24) is 10.6 Å². The maximum Gasteiger partial charge on any atom is 0.474 e. The molecule has 0 aromatic rings. The monoisotopic (exact) mass is 245 g/mol. The summed E-state index contributed by atoms with van der Waals surface area (Å²) in [6.45, 7) is 7.92. The highest BCUT2D eigenvalue weighted by atomic mass is 16.5. The molecule has 0 aromatic carbocycles. The van der Waals surface area contributed by atoms with E-state index in [0.29, 0.717) is 13.1 Å². The lowest BCUT2D eigenvalue weighted by molar-refractivity contribution is -0.101. The van der Waals surface area contributed by atoms with Gasteiger partial charge in [0, 0.05) is 13.1 Å². The van der Waals surface area contributed by atoms with Crippen molar-refractivity contribution >= 4 is 7.12 Å². The molecule has 7 heteroatoms. The number of rotatable bonds is 4. The summed E-state index contributed by atoms with van der Waals surface area (Å²) in [5, 5.41) is 26.1. The van der Waals surface area contributed by atoms with Crippen molar-refractivity contribution in [2.45, 2.75) is 51.0 Å². The van der Waals surface area contributed by atoms with Crippen molar-refractivity contribution in [2.24, 2.45) is 5.73 Å². The minimum Gasteiger partial charge on any atom is -0.426 e. The maximum absolute atomic E-state index is 9.98. The van der Waals surface area contributed by atoms with Crippen LogP contribution in [-0.2, 0) is 4.65 Å². The topological polar surface area (TPSA) is 99.8 Å². The molecule has 0 radical (unpaired) electrons. The molecule has 6 nitrogen and oxygen atoms in total. The lowest BCUT2D eigenvalue weighted by atomic mass is 9.75. The van der Waals surface area contributed by atoms with Crippen LogP contribution in [0.3, 0.4) is 0 Å². The molecule has 0 amide bonds. The highest BCUT2D eigenvalue weighted by Crippen LogP contribution is 2.25. The summed E-state index contributed by atoms with van der Waals surface area (Å²) in [6.07, 6.45) is -0.0965. The van der Waals surface area contributed by atoms with Crippen molar-refractivity contribution in [1.29, 1.82) is 0 Å². The molecule has 0 aromatic heterocycles. The predicted molar refractivity (Wildman–Crippen MR) is 67.2 cm³/mol. The lowest BCUT2D eigenvalue weighted by Crippen LogP contribution is -2.65. The molecule has 0 aliphatic carbocycles. The first-order valence-electron chi connectivity index (χ1n) is 5.94. The normalized spacial score (nSPS) is 27.0. The van der Waals surface area contributed by atoms with Crippen LogP contribution in [0.25, 0.3) is 0 Å². The van der Waals surface area contributed by atoms with Gasteiger partial charge in [0.25, 0.3) is 0 Å². The van der Waals surface area contributed by atoms with E-state index in [1.54, 1.807) is 27.7 Å². The molecule has 17 heavy (non-hydrogen) atoms. The first-order valence-corrected chi connectivity index (χ1v) is 5.94. The Morgan fingerprint density at radius 3 is 2.24 bits per heavy atom. The minimum absolute atomic E-state index is 0.0965. The van der Waals surface area contributed by atoms with E-state index >= 15 is 0 Å². The third kappa shape index (κ3) is 3.91. The van der Waals surface area contributed by atoms with Gasteiger partial charge in [-0.2, -0.15) is 0 Å². The molecule has 0 bridgehead atoms. The molecule has 100 valence electrons. The average Bonchev–Trinajstić information content (AvgIpc) is 2.16. The van der Waals surface area contributed by atoms with Crippen LogP contribution in [0.1, 0.15) is 27.7 Å². The molecular formula is C10H24BN3O3. The zero-order valence-corrected chi connectivity index (χ0v) is 11.0. The van der Waals surface area contributed by atoms with Crippen molar-refractivity contribution in [2.75, 3.05) is 13.1 Å². The van der Waals surface area contributed by atoms with Gasteiger partial charge in [0.1, 0.15) is 0 Å². The first kappa shape index (κ1) is 14.9. The van der Waals surface area contributed by atoms with E-state index in [1.165, 1.54) is 0 Å². The van der Waals surface area contributed by atoms with Crippen molar-refractivity contribution < 1.29 is 14.8 Å². The summed E-state index contributed by atoms with van der Waals surface area (Å²) in [6, 6.07) is 0. The van der Waals surface area contributed by atoms with Gasteiger partial charge in [-0.25, -0.2) is 0 Å². The van der Waals surface area contributed by atoms with Crippen molar-refractivity contribution in [3.63, 3.8) is 0 Å². The molecule has 1 fully saturated rings. The molecule has 2 atom stereocenters. The fourth-order valence-corrected chi connectivity index (χ4v) is 1.43. The molecule has 2 unspecified atom stereocenters. The Hall–Kier alpha value is -0.175. The largest absolute Gasteiger partial charge is 0.474 e. The maximum atomic E-state index is 9.98. The Bertz CT molecular complexity index is 250. The Labute approximate surface area is 103 Å². The Kier molecular flexibility index (Phi) is 4.57. The van der Waals surface area contributed by atoms with E-state index in [2.05, 4.69) is 10.6 Å². The van der Waals surface area contributed by atoms with Gasteiger partial charge in [-0.1, -0.05) is 0 Å². The number of piperazine rings is 1. The molecule has 6 N–H and O–H groups in total. The van der Waals surface area contributed by atoms with Gasteiger partial charge in [0.2, 0.25) is 0 Å². The van der Waals surface area contributed by atoms with Crippen LogP contribution in [0, 0.1) is 0 Å². The van der Waals surface area contributed by atoms with Crippen molar-refractivity contribution in [3.05, 3.63) is 0 Å². The highest BCUT2D eigenvalue weighted by molar-refractivity contribution is 6.45. The van der Waals surface area contributed by atoms with Gasteiger partial charge >= 0.3 is 7.12 Å². The Morgan fingerprint density at radius 2 is 1.82 bits per heavy atom. The molecule has 0 spiro atoms. The van der Waals surface area contributed by atoms with Crippen LogP contribution in [0.5, 0.6) is 0 Å². The second kappa shape index (κ2) is 5.21. The standard InChI is InChI=1S/C10H24BN3O3/c1-9(2,15)10(3,4)17-11(16)7-5-14-8(12)6-13-7/h7-8,13-16H,5-6,12H2,1-4H3. The molecule has 1 rings (SSSR count). The van der Waals surface area contributed by atoms with E-state index in [9.17, 15) is 10.1 Å². The number of aliphatic hydroxyl groups is 1. The van der Waals surface area contributed by atoms with Crippen LogP contribution in [-0.4, -0.2) is 53.6 Å². The lowest BCUT2D eigenvalue weighted by Gasteiger charge is -2.40. The van der Waals surface area contributed by atoms with Crippen LogP contribution in [0.15, 0.2) is 0 Å². The molecule has 1 aliphatic heterocycles. The average molecular weight is 245 g/mol. The van der Waals surface area contributed by atoms with Gasteiger partial charge in [-0.3, -0.25) is 5.32 Å². The first-order chi connectivity index (χ1) is 7.63. The third-order valence-corrected chi connectivity index (χ3v) is 3.43. The number of nitrogens with two attached hydrogens (primary N) is 1. The molecule has 1 heterocycles. The number of hydrogen-bond donors (Lipinski definition) is 5. The van der Waals surface area contributed by atoms with Gasteiger partial charge in [0.15, 0.2) is 0 Å². The summed E-state index contributed by atoms with van der Waals surface area (Å²) in [4.78, 5) is 0. The van der Waals surface area contributed by atoms with E-state index in [0.717, 1.165) is 0 Å². The van der Waals surface area contributed by atoms with Gasteiger partial charge in [-0.05, 0) is 27.7 Å². The predicted octanol–water partition coefficient (Wildman–Crippen LogP) is -1.58. The molecule has 1 saturated heterocycles. The van der Waals surface area contributed by atoms with Gasteiger partial charge < -0.3 is 25.8 Å². The van der Waals surface area contributed by atoms with E-state index in [4.69, 9.17) is 10.4 Å². The van der Waals surface area contributed by atoms with Crippen molar-refractivity contribution in [3.8, 4) is 0 Å². The molecule has 0 saturated carbocycles. The van der Waals surface area contributed by atoms with E-state index in [1.807, 2.05) is 0 Å². The summed E-state index contributed by atoms with van der Waals surface area (Å²) in [5.74, 6) is -0.226. The smallest absolute Gasteiger partial charge is 0.426 e. The minimum atomic E-state index is -1.04. The van der Waals surface area contributed by atoms with Crippen LogP contribution >= 0.6 is 0 Å². The van der Waals surface area contributed by atoms with Gasteiger partial charge in [0.05, 0.1) is 23.3 Å². The summed E-state index contributed by atoms with van der Waals surface area (Å²) >= 11 is 0. The summed E-state index contributed by atoms with van der Waals surface area (Å²) in [5.41, 5.74) is 3.78. The second-order valence-electron chi connectivity index (χ2n) is 5.61. The number of nitrogens with one attached hydrogen (secondary N) is 2. The Balaban J connectivity index is 2.51. The van der Waals surface area contributed by atoms with Gasteiger partial charge in [-0.15, -0.1) is 0 Å². The van der Waals surface area contributed by atoms with E-state index in [-0.39, 0.29) is 12.1 Å². The fourth-order valence-electron chi connectivity index (χ4n) is 1.43. The quantitative estimate of drug-likeness (QED) is 0.383. The highest BCUT2D eigenvalue weighted by Gasteiger charge is 2.42. The Morgan fingerprint density at radius 1 is 1.24 bits per heavy atom. The molecule has 1 aliphatic rings. The SMILES string of the molecule is CC(C)(O)C(C)(C)OB(O)C1CNC(N)CN1. The second-order valence-corrected chi connectivity index (χ2v) is 5.61. The molecular weight excluding hydrogens is 221 g/mol. The van der Waals surface area contributed by atoms with Crippen LogP contribution in [0.4, 0.5) is 0 Å². The summed E-state index contributed by atoms with van der Waals surface area (Å²) < 4.78 is 5.54. The van der Waals surface area contributed by atoms with Crippen LogP contribution in [0.2, 0.25) is 0 Å². The fraction of sp³-hybridized carbons (Fsp3) is 1.00. The third-order valence-electron chi connectivity index (χ3n) is 3.43. The zero-order valence-electron chi connectivity index (χ0n) is 11.0. The van der Waals surface area contributed by atoms with E-state index < -0.39 is 18.3 Å². The zero-order chi connectivity index (χ0) is 13.3.